The van der Waals surface area contributed by atoms with Crippen LogP contribution in [0.25, 0.3) is 0 Å². The van der Waals surface area contributed by atoms with E-state index in [-0.39, 0.29) is 0 Å². The lowest BCUT2D eigenvalue weighted by Gasteiger charge is -2.10. The highest BCUT2D eigenvalue weighted by molar-refractivity contribution is 5.00. The third-order valence-corrected chi connectivity index (χ3v) is 1.97. The lowest BCUT2D eigenvalue weighted by atomic mass is 10.1. The Bertz CT molecular complexity index is 123. The second-order valence-corrected chi connectivity index (χ2v) is 2.48. The molecule has 1 nitrogen and oxygen atoms in total. The van der Waals surface area contributed by atoms with Crippen molar-refractivity contribution in [2.45, 2.75) is 25.4 Å². The van der Waals surface area contributed by atoms with Gasteiger partial charge in [0.1, 0.15) is 0 Å². The number of rotatable bonds is 1. The first-order valence-corrected chi connectivity index (χ1v) is 3.37. The Morgan fingerprint density at radius 3 is 2.78 bits per heavy atom. The molecule has 0 amide bonds. The number of hydrogen-bond acceptors (Lipinski definition) is 1. The van der Waals surface area contributed by atoms with E-state index in [9.17, 15) is 0 Å². The minimum atomic E-state index is 0.343. The topological polar surface area (TPSA) is 9.23 Å². The van der Waals surface area contributed by atoms with Gasteiger partial charge in [0.2, 0.25) is 0 Å². The van der Waals surface area contributed by atoms with Gasteiger partial charge in [-0.3, -0.25) is 0 Å². The van der Waals surface area contributed by atoms with E-state index in [0.717, 1.165) is 12.8 Å². The molecule has 1 aliphatic carbocycles. The maximum Gasteiger partial charge on any atom is 0.0708 e. The zero-order chi connectivity index (χ0) is 6.69. The highest BCUT2D eigenvalue weighted by Gasteiger charge is 2.24. The Balaban J connectivity index is 2.44. The Labute approximate surface area is 56.4 Å². The van der Waals surface area contributed by atoms with Crippen molar-refractivity contribution in [1.82, 2.24) is 0 Å². The van der Waals surface area contributed by atoms with E-state index in [1.165, 1.54) is 6.42 Å². The Morgan fingerprint density at radius 1 is 1.56 bits per heavy atom. The molecule has 50 valence electrons. The van der Waals surface area contributed by atoms with Crippen LogP contribution >= 0.6 is 0 Å². The lowest BCUT2D eigenvalue weighted by molar-refractivity contribution is 0.0889. The van der Waals surface area contributed by atoms with E-state index >= 15 is 0 Å². The molecule has 1 heteroatoms. The molecule has 0 unspecified atom stereocenters. The van der Waals surface area contributed by atoms with Gasteiger partial charge in [0, 0.05) is 13.0 Å². The van der Waals surface area contributed by atoms with Crippen molar-refractivity contribution in [2.24, 2.45) is 5.92 Å². The van der Waals surface area contributed by atoms with Gasteiger partial charge in [-0.25, -0.2) is 0 Å². The van der Waals surface area contributed by atoms with Gasteiger partial charge >= 0.3 is 0 Å². The Morgan fingerprint density at radius 2 is 2.33 bits per heavy atom. The monoisotopic (exact) mass is 124 g/mol. The quantitative estimate of drug-likeness (QED) is 0.480. The molecule has 1 saturated carbocycles. The molecule has 0 heterocycles. The maximum atomic E-state index is 5.27. The number of terminal acetylenes is 1. The third kappa shape index (κ3) is 1.25. The number of ether oxygens (including phenoxy) is 1. The molecule has 0 saturated heterocycles. The molecule has 0 bridgehead atoms. The van der Waals surface area contributed by atoms with Crippen LogP contribution in [0.15, 0.2) is 0 Å². The van der Waals surface area contributed by atoms with Crippen LogP contribution in [0.4, 0.5) is 0 Å². The van der Waals surface area contributed by atoms with Crippen molar-refractivity contribution in [3.8, 4) is 12.3 Å². The molecule has 0 aromatic carbocycles. The van der Waals surface area contributed by atoms with E-state index < -0.39 is 0 Å². The molecule has 0 aliphatic heterocycles. The first-order valence-electron chi connectivity index (χ1n) is 3.37. The van der Waals surface area contributed by atoms with E-state index in [0.29, 0.717) is 12.0 Å². The predicted octanol–water partition coefficient (Wildman–Crippen LogP) is 1.43. The van der Waals surface area contributed by atoms with Crippen molar-refractivity contribution in [3.05, 3.63) is 0 Å². The summed E-state index contributed by atoms with van der Waals surface area (Å²) in [6.07, 6.45) is 9.13. The smallest absolute Gasteiger partial charge is 0.0708 e. The van der Waals surface area contributed by atoms with Gasteiger partial charge in [0.05, 0.1) is 6.10 Å². The van der Waals surface area contributed by atoms with Crippen LogP contribution in [0.2, 0.25) is 0 Å². The molecule has 0 radical (unpaired) electrons. The molecular formula is C8H12O. The second kappa shape index (κ2) is 2.89. The average Bonchev–Trinajstić information content (AvgIpc) is 2.33. The summed E-state index contributed by atoms with van der Waals surface area (Å²) < 4.78 is 5.17. The van der Waals surface area contributed by atoms with Crippen molar-refractivity contribution >= 4 is 0 Å². The second-order valence-electron chi connectivity index (χ2n) is 2.48. The van der Waals surface area contributed by atoms with E-state index in [4.69, 9.17) is 11.2 Å². The van der Waals surface area contributed by atoms with E-state index in [2.05, 4.69) is 5.92 Å². The third-order valence-electron chi connectivity index (χ3n) is 1.97. The average molecular weight is 124 g/mol. The molecular weight excluding hydrogens is 112 g/mol. The summed E-state index contributed by atoms with van der Waals surface area (Å²) in [4.78, 5) is 0. The van der Waals surface area contributed by atoms with Gasteiger partial charge in [-0.1, -0.05) is 0 Å². The summed E-state index contributed by atoms with van der Waals surface area (Å²) in [6.45, 7) is 0. The maximum absolute atomic E-state index is 5.27. The standard InChI is InChI=1S/C8H12O/c1-3-7-5-4-6-8(7)9-2/h1,7-8H,4-6H2,2H3/t7-,8-/m1/s1. The van der Waals surface area contributed by atoms with Gasteiger partial charge in [0.15, 0.2) is 0 Å². The molecule has 1 aliphatic rings. The van der Waals surface area contributed by atoms with Crippen LogP contribution in [-0.4, -0.2) is 13.2 Å². The normalized spacial score (nSPS) is 34.2. The predicted molar refractivity (Wildman–Crippen MR) is 37.0 cm³/mol. The Kier molecular flexibility index (Phi) is 2.13. The minimum absolute atomic E-state index is 0.343. The minimum Gasteiger partial charge on any atom is -0.380 e. The van der Waals surface area contributed by atoms with Gasteiger partial charge in [-0.2, -0.15) is 0 Å². The van der Waals surface area contributed by atoms with Crippen molar-refractivity contribution in [2.75, 3.05) is 7.11 Å². The van der Waals surface area contributed by atoms with Gasteiger partial charge in [-0.05, 0) is 19.3 Å². The van der Waals surface area contributed by atoms with Crippen LogP contribution in [0.3, 0.4) is 0 Å². The van der Waals surface area contributed by atoms with Crippen LogP contribution in [-0.2, 0) is 4.74 Å². The molecule has 1 fully saturated rings. The molecule has 0 aromatic rings. The van der Waals surface area contributed by atoms with Gasteiger partial charge in [-0.15, -0.1) is 12.3 Å². The van der Waals surface area contributed by atoms with Crippen LogP contribution < -0.4 is 0 Å². The molecule has 0 spiro atoms. The molecule has 1 rings (SSSR count). The zero-order valence-corrected chi connectivity index (χ0v) is 5.76. The molecule has 9 heavy (non-hydrogen) atoms. The number of hydrogen-bond donors (Lipinski definition) is 0. The SMILES string of the molecule is C#C[C@@H]1CCC[C@H]1OC. The van der Waals surface area contributed by atoms with Crippen molar-refractivity contribution < 1.29 is 4.74 Å². The summed E-state index contributed by atoms with van der Waals surface area (Å²) in [5.41, 5.74) is 0. The van der Waals surface area contributed by atoms with E-state index in [1.807, 2.05) is 0 Å². The number of methoxy groups -OCH3 is 1. The summed E-state index contributed by atoms with van der Waals surface area (Å²) in [6, 6.07) is 0. The molecule has 0 N–H and O–H groups in total. The van der Waals surface area contributed by atoms with Crippen LogP contribution in [0, 0.1) is 18.3 Å². The van der Waals surface area contributed by atoms with Crippen LogP contribution in [0.5, 0.6) is 0 Å². The molecule has 2 atom stereocenters. The fourth-order valence-corrected chi connectivity index (χ4v) is 1.40. The molecule has 0 aromatic heterocycles. The zero-order valence-electron chi connectivity index (χ0n) is 5.76. The highest BCUT2D eigenvalue weighted by Crippen LogP contribution is 2.26. The first kappa shape index (κ1) is 6.64. The summed E-state index contributed by atoms with van der Waals surface area (Å²) in [5.74, 6) is 3.12. The van der Waals surface area contributed by atoms with E-state index in [1.54, 1.807) is 7.11 Å². The first-order chi connectivity index (χ1) is 4.38. The van der Waals surface area contributed by atoms with Crippen molar-refractivity contribution in [3.63, 3.8) is 0 Å². The van der Waals surface area contributed by atoms with Crippen LogP contribution in [0.1, 0.15) is 19.3 Å². The fourth-order valence-electron chi connectivity index (χ4n) is 1.40. The lowest BCUT2D eigenvalue weighted by Crippen LogP contribution is -2.13. The highest BCUT2D eigenvalue weighted by atomic mass is 16.5. The fraction of sp³-hybridized carbons (Fsp3) is 0.750. The summed E-state index contributed by atoms with van der Waals surface area (Å²) in [5, 5.41) is 0. The van der Waals surface area contributed by atoms with Gasteiger partial charge in [0.25, 0.3) is 0 Å². The van der Waals surface area contributed by atoms with Crippen molar-refractivity contribution in [1.29, 1.82) is 0 Å². The largest absolute Gasteiger partial charge is 0.380 e. The van der Waals surface area contributed by atoms with Gasteiger partial charge < -0.3 is 4.74 Å². The summed E-state index contributed by atoms with van der Waals surface area (Å²) >= 11 is 0. The Hall–Kier alpha value is -0.480. The summed E-state index contributed by atoms with van der Waals surface area (Å²) in [7, 11) is 1.74.